The number of aromatic amines is 1. The molecular formula is C10H8N4O2. The molecule has 0 aliphatic heterocycles. The molecule has 2 aromatic heterocycles. The van der Waals surface area contributed by atoms with Gasteiger partial charge in [0, 0.05) is 11.5 Å². The summed E-state index contributed by atoms with van der Waals surface area (Å²) >= 11 is 0. The Labute approximate surface area is 89.9 Å². The lowest BCUT2D eigenvalue weighted by Gasteiger charge is -1.91. The van der Waals surface area contributed by atoms with Crippen molar-refractivity contribution in [3.8, 4) is 0 Å². The largest absolute Gasteiger partial charge is 0.423 e. The highest BCUT2D eigenvalue weighted by molar-refractivity contribution is 5.75. The normalized spacial score (nSPS) is 9.50. The monoisotopic (exact) mass is 216 g/mol. The van der Waals surface area contributed by atoms with Crippen molar-refractivity contribution in [1.82, 2.24) is 20.6 Å². The zero-order valence-corrected chi connectivity index (χ0v) is 8.20. The van der Waals surface area contributed by atoms with Crippen LogP contribution < -0.4 is 5.63 Å². The number of hydrogen-bond acceptors (Lipinski definition) is 5. The summed E-state index contributed by atoms with van der Waals surface area (Å²) in [5.74, 6) is 0. The molecule has 1 aromatic carbocycles. The van der Waals surface area contributed by atoms with Crippen LogP contribution in [0.25, 0.3) is 11.0 Å². The standard InChI is InChI=1S/C9H6O2.CH2N4/c10-9-6-5-7-3-1-2-4-8(7)11-9;1-2-4-5-3-1/h1-6H;1H,(H,2,3,4,5). The second kappa shape index (κ2) is 4.83. The third-order valence-corrected chi connectivity index (χ3v) is 1.80. The summed E-state index contributed by atoms with van der Waals surface area (Å²) in [5.41, 5.74) is 0.337. The molecule has 0 spiro atoms. The second-order valence-electron chi connectivity index (χ2n) is 2.86. The van der Waals surface area contributed by atoms with Gasteiger partial charge < -0.3 is 4.42 Å². The number of nitrogens with zero attached hydrogens (tertiary/aromatic N) is 3. The molecule has 6 nitrogen and oxygen atoms in total. The van der Waals surface area contributed by atoms with Crippen molar-refractivity contribution in [3.05, 3.63) is 53.1 Å². The van der Waals surface area contributed by atoms with Crippen LogP contribution in [0.1, 0.15) is 0 Å². The molecule has 0 saturated heterocycles. The maximum Gasteiger partial charge on any atom is 0.336 e. The van der Waals surface area contributed by atoms with Gasteiger partial charge in [-0.15, -0.1) is 5.10 Å². The van der Waals surface area contributed by atoms with Gasteiger partial charge in [0.2, 0.25) is 0 Å². The first kappa shape index (κ1) is 10.0. The predicted molar refractivity (Wildman–Crippen MR) is 56.7 cm³/mol. The van der Waals surface area contributed by atoms with Gasteiger partial charge in [-0.3, -0.25) is 0 Å². The first-order valence-corrected chi connectivity index (χ1v) is 4.52. The minimum atomic E-state index is -0.302. The quantitative estimate of drug-likeness (QED) is 0.566. The SMILES string of the molecule is O=c1ccc2ccccc2o1.c1nnn[nH]1. The van der Waals surface area contributed by atoms with E-state index >= 15 is 0 Å². The molecule has 0 aliphatic rings. The van der Waals surface area contributed by atoms with E-state index in [0.717, 1.165) is 5.39 Å². The average Bonchev–Trinajstić information content (AvgIpc) is 2.87. The van der Waals surface area contributed by atoms with E-state index in [2.05, 4.69) is 20.6 Å². The molecule has 2 heterocycles. The highest BCUT2D eigenvalue weighted by Gasteiger charge is 1.92. The van der Waals surface area contributed by atoms with Crippen molar-refractivity contribution in [2.45, 2.75) is 0 Å². The van der Waals surface area contributed by atoms with E-state index in [4.69, 9.17) is 4.42 Å². The maximum atomic E-state index is 10.7. The Morgan fingerprint density at radius 1 is 1.12 bits per heavy atom. The van der Waals surface area contributed by atoms with Gasteiger partial charge in [0.25, 0.3) is 0 Å². The maximum absolute atomic E-state index is 10.7. The van der Waals surface area contributed by atoms with E-state index in [1.807, 2.05) is 18.2 Å². The van der Waals surface area contributed by atoms with Crippen LogP contribution in [0.4, 0.5) is 0 Å². The lowest BCUT2D eigenvalue weighted by atomic mass is 10.2. The van der Waals surface area contributed by atoms with Gasteiger partial charge in [-0.2, -0.15) is 0 Å². The zero-order valence-electron chi connectivity index (χ0n) is 8.20. The lowest BCUT2D eigenvalue weighted by Crippen LogP contribution is -1.93. The summed E-state index contributed by atoms with van der Waals surface area (Å²) in [4.78, 5) is 10.7. The van der Waals surface area contributed by atoms with Crippen molar-refractivity contribution in [1.29, 1.82) is 0 Å². The van der Waals surface area contributed by atoms with E-state index in [1.54, 1.807) is 12.1 Å². The number of hydrogen-bond donors (Lipinski definition) is 1. The zero-order chi connectivity index (χ0) is 11.2. The van der Waals surface area contributed by atoms with Gasteiger partial charge >= 0.3 is 5.63 Å². The van der Waals surface area contributed by atoms with E-state index in [0.29, 0.717) is 5.58 Å². The van der Waals surface area contributed by atoms with Crippen molar-refractivity contribution < 1.29 is 4.42 Å². The Hall–Kier alpha value is -2.50. The van der Waals surface area contributed by atoms with Crippen LogP contribution in [0.15, 0.2) is 51.9 Å². The lowest BCUT2D eigenvalue weighted by molar-refractivity contribution is 0.561. The molecule has 0 atom stereocenters. The summed E-state index contributed by atoms with van der Waals surface area (Å²) in [7, 11) is 0. The summed E-state index contributed by atoms with van der Waals surface area (Å²) in [6.45, 7) is 0. The molecule has 3 rings (SSSR count). The molecular weight excluding hydrogens is 208 g/mol. The van der Waals surface area contributed by atoms with Crippen LogP contribution in [0.2, 0.25) is 0 Å². The number of rotatable bonds is 0. The second-order valence-corrected chi connectivity index (χ2v) is 2.86. The van der Waals surface area contributed by atoms with Crippen molar-refractivity contribution >= 4 is 11.0 Å². The van der Waals surface area contributed by atoms with Crippen molar-refractivity contribution in [2.24, 2.45) is 0 Å². The first-order valence-electron chi connectivity index (χ1n) is 4.52. The van der Waals surface area contributed by atoms with Crippen LogP contribution >= 0.6 is 0 Å². The Kier molecular flexibility index (Phi) is 3.03. The van der Waals surface area contributed by atoms with Gasteiger partial charge in [-0.05, 0) is 22.6 Å². The molecule has 0 unspecified atom stereocenters. The smallest absolute Gasteiger partial charge is 0.336 e. The van der Waals surface area contributed by atoms with Crippen LogP contribution in [0.5, 0.6) is 0 Å². The fourth-order valence-corrected chi connectivity index (χ4v) is 1.14. The van der Waals surface area contributed by atoms with Crippen LogP contribution in [-0.4, -0.2) is 20.6 Å². The first-order chi connectivity index (χ1) is 7.86. The fourth-order valence-electron chi connectivity index (χ4n) is 1.14. The molecule has 6 heteroatoms. The molecule has 0 saturated carbocycles. The summed E-state index contributed by atoms with van der Waals surface area (Å²) in [5, 5.41) is 13.0. The topological polar surface area (TPSA) is 84.7 Å². The van der Waals surface area contributed by atoms with Gasteiger partial charge in [-0.25, -0.2) is 9.89 Å². The molecule has 1 N–H and O–H groups in total. The Balaban J connectivity index is 0.000000162. The number of tetrazole rings is 1. The summed E-state index contributed by atoms with van der Waals surface area (Å²) < 4.78 is 4.91. The highest BCUT2D eigenvalue weighted by Crippen LogP contribution is 2.08. The average molecular weight is 216 g/mol. The van der Waals surface area contributed by atoms with E-state index < -0.39 is 0 Å². The van der Waals surface area contributed by atoms with Gasteiger partial charge in [0.1, 0.15) is 11.9 Å². The molecule has 0 amide bonds. The molecule has 0 radical (unpaired) electrons. The van der Waals surface area contributed by atoms with Crippen molar-refractivity contribution in [3.63, 3.8) is 0 Å². The molecule has 80 valence electrons. The number of nitrogens with one attached hydrogen (secondary N) is 1. The van der Waals surface area contributed by atoms with Crippen LogP contribution in [0.3, 0.4) is 0 Å². The van der Waals surface area contributed by atoms with Gasteiger partial charge in [0.15, 0.2) is 0 Å². The summed E-state index contributed by atoms with van der Waals surface area (Å²) in [6, 6.07) is 10.6. The molecule has 0 fully saturated rings. The highest BCUT2D eigenvalue weighted by atomic mass is 16.4. The summed E-state index contributed by atoms with van der Waals surface area (Å²) in [6.07, 6.45) is 1.40. The van der Waals surface area contributed by atoms with Gasteiger partial charge in [0.05, 0.1) is 0 Å². The van der Waals surface area contributed by atoms with Crippen molar-refractivity contribution in [2.75, 3.05) is 0 Å². The number of benzene rings is 1. The number of fused-ring (bicyclic) bond motifs is 1. The van der Waals surface area contributed by atoms with E-state index in [9.17, 15) is 4.79 Å². The molecule has 0 bridgehead atoms. The minimum Gasteiger partial charge on any atom is -0.423 e. The van der Waals surface area contributed by atoms with Crippen LogP contribution in [-0.2, 0) is 0 Å². The van der Waals surface area contributed by atoms with Gasteiger partial charge in [-0.1, -0.05) is 18.2 Å². The Morgan fingerprint density at radius 2 is 2.00 bits per heavy atom. The molecule has 0 aliphatic carbocycles. The predicted octanol–water partition coefficient (Wildman–Crippen LogP) is 0.993. The number of aromatic nitrogens is 4. The number of H-pyrrole nitrogens is 1. The fraction of sp³-hybridized carbons (Fsp3) is 0. The Morgan fingerprint density at radius 3 is 2.69 bits per heavy atom. The third-order valence-electron chi connectivity index (χ3n) is 1.80. The third kappa shape index (κ3) is 2.50. The van der Waals surface area contributed by atoms with Crippen LogP contribution in [0, 0.1) is 0 Å². The molecule has 16 heavy (non-hydrogen) atoms. The number of para-hydroxylation sites is 1. The van der Waals surface area contributed by atoms with E-state index in [1.165, 1.54) is 12.4 Å². The minimum absolute atomic E-state index is 0.302. The molecule has 3 aromatic rings. The van der Waals surface area contributed by atoms with E-state index in [-0.39, 0.29) is 5.63 Å². The Bertz CT molecular complexity index is 586.